The Kier molecular flexibility index (Phi) is 7.30. The van der Waals surface area contributed by atoms with Gasteiger partial charge in [0.15, 0.2) is 0 Å². The van der Waals surface area contributed by atoms with E-state index in [0.29, 0.717) is 6.54 Å². The third kappa shape index (κ3) is 6.11. The van der Waals surface area contributed by atoms with Crippen LogP contribution < -0.4 is 5.32 Å². The fourth-order valence-corrected chi connectivity index (χ4v) is 3.42. The summed E-state index contributed by atoms with van der Waals surface area (Å²) in [7, 11) is 1.33. The lowest BCUT2D eigenvalue weighted by atomic mass is 9.85. The average molecular weight is 385 g/mol. The maximum atomic E-state index is 13.3. The Morgan fingerprint density at radius 3 is 2.04 bits per heavy atom. The van der Waals surface area contributed by atoms with E-state index in [-0.39, 0.29) is 17.7 Å². The maximum Gasteiger partial charge on any atom is 0.408 e. The number of nitrogens with one attached hydrogen (secondary N) is 1. The van der Waals surface area contributed by atoms with Crippen LogP contribution in [0, 0.1) is 17.3 Å². The molecule has 0 saturated carbocycles. The van der Waals surface area contributed by atoms with E-state index in [1.165, 1.54) is 7.11 Å². The summed E-state index contributed by atoms with van der Waals surface area (Å²) in [6, 6.07) is -1.45. The van der Waals surface area contributed by atoms with Crippen molar-refractivity contribution in [2.45, 2.75) is 79.5 Å². The van der Waals surface area contributed by atoms with Crippen molar-refractivity contribution >= 4 is 18.0 Å². The summed E-state index contributed by atoms with van der Waals surface area (Å²) < 4.78 is 10.3. The fraction of sp³-hybridized carbons (Fsp3) is 0.850. The number of carbonyl (C=O) groups is 3. The third-order valence-corrected chi connectivity index (χ3v) is 4.80. The van der Waals surface area contributed by atoms with Gasteiger partial charge in [-0.05, 0) is 44.4 Å². The number of hydrogen-bond acceptors (Lipinski definition) is 5. The van der Waals surface area contributed by atoms with E-state index < -0.39 is 35.2 Å². The lowest BCUT2D eigenvalue weighted by Crippen LogP contribution is -2.58. The number of carbonyl (C=O) groups excluding carboxylic acids is 3. The highest BCUT2D eigenvalue weighted by Gasteiger charge is 2.47. The highest BCUT2D eigenvalue weighted by molar-refractivity contribution is 5.91. The highest BCUT2D eigenvalue weighted by atomic mass is 16.6. The van der Waals surface area contributed by atoms with Gasteiger partial charge in [0.25, 0.3) is 0 Å². The molecule has 1 rings (SSSR count). The molecule has 7 heteroatoms. The van der Waals surface area contributed by atoms with Crippen LogP contribution in [0.1, 0.15) is 61.8 Å². The van der Waals surface area contributed by atoms with Crippen molar-refractivity contribution in [2.75, 3.05) is 13.7 Å². The van der Waals surface area contributed by atoms with Crippen LogP contribution in [0.15, 0.2) is 0 Å². The predicted molar refractivity (Wildman–Crippen MR) is 103 cm³/mol. The van der Waals surface area contributed by atoms with Crippen molar-refractivity contribution in [1.29, 1.82) is 0 Å². The van der Waals surface area contributed by atoms with E-state index in [0.717, 1.165) is 6.42 Å². The molecule has 1 saturated heterocycles. The molecule has 0 bridgehead atoms. The van der Waals surface area contributed by atoms with E-state index in [4.69, 9.17) is 9.47 Å². The second kappa shape index (κ2) is 8.48. The minimum Gasteiger partial charge on any atom is -0.467 e. The summed E-state index contributed by atoms with van der Waals surface area (Å²) in [6.45, 7) is 15.4. The fourth-order valence-electron chi connectivity index (χ4n) is 3.42. The molecule has 27 heavy (non-hydrogen) atoms. The molecule has 0 spiro atoms. The molecular weight excluding hydrogens is 348 g/mol. The van der Waals surface area contributed by atoms with Crippen molar-refractivity contribution in [3.8, 4) is 0 Å². The number of alkyl carbamates (subject to hydrolysis) is 1. The first-order chi connectivity index (χ1) is 12.2. The molecule has 0 aromatic carbocycles. The molecular formula is C20H36N2O5. The SMILES string of the molecule is COC(=O)C1C(C(C)C)CCN1C(=O)C(NC(=O)OC(C)(C)C)C(C)(C)C. The Balaban J connectivity index is 3.10. The number of nitrogens with zero attached hydrogens (tertiary/aromatic N) is 1. The van der Waals surface area contributed by atoms with Gasteiger partial charge in [0.1, 0.15) is 17.7 Å². The minimum absolute atomic E-state index is 0.0311. The van der Waals surface area contributed by atoms with Gasteiger partial charge >= 0.3 is 12.1 Å². The topological polar surface area (TPSA) is 84.9 Å². The summed E-state index contributed by atoms with van der Waals surface area (Å²) in [4.78, 5) is 39.6. The molecule has 0 aromatic rings. The minimum atomic E-state index is -0.814. The first-order valence-corrected chi connectivity index (χ1v) is 9.57. The molecule has 1 fully saturated rings. The van der Waals surface area contributed by atoms with E-state index in [9.17, 15) is 14.4 Å². The Labute approximate surface area is 163 Å². The van der Waals surface area contributed by atoms with Crippen molar-refractivity contribution in [1.82, 2.24) is 10.2 Å². The van der Waals surface area contributed by atoms with Crippen LogP contribution in [-0.2, 0) is 19.1 Å². The van der Waals surface area contributed by atoms with Gasteiger partial charge in [0, 0.05) is 6.54 Å². The van der Waals surface area contributed by atoms with Crippen molar-refractivity contribution < 1.29 is 23.9 Å². The number of ether oxygens (including phenoxy) is 2. The zero-order valence-electron chi connectivity index (χ0n) is 18.2. The van der Waals surface area contributed by atoms with Gasteiger partial charge in [-0.15, -0.1) is 0 Å². The van der Waals surface area contributed by atoms with Gasteiger partial charge in [-0.1, -0.05) is 34.6 Å². The van der Waals surface area contributed by atoms with E-state index in [2.05, 4.69) is 5.32 Å². The summed E-state index contributed by atoms with van der Waals surface area (Å²) in [5.74, 6) is -0.432. The smallest absolute Gasteiger partial charge is 0.408 e. The summed E-state index contributed by atoms with van der Waals surface area (Å²) in [5, 5.41) is 2.71. The molecule has 3 atom stereocenters. The quantitative estimate of drug-likeness (QED) is 0.753. The second-order valence-corrected chi connectivity index (χ2v) is 9.64. The van der Waals surface area contributed by atoms with Crippen molar-refractivity contribution in [2.24, 2.45) is 17.3 Å². The zero-order valence-corrected chi connectivity index (χ0v) is 18.2. The summed E-state index contributed by atoms with van der Waals surface area (Å²) >= 11 is 0. The van der Waals surface area contributed by atoms with Crippen LogP contribution in [0.5, 0.6) is 0 Å². The van der Waals surface area contributed by atoms with Crippen LogP contribution in [0.25, 0.3) is 0 Å². The second-order valence-electron chi connectivity index (χ2n) is 9.64. The molecule has 1 N–H and O–H groups in total. The summed E-state index contributed by atoms with van der Waals surface area (Å²) in [6.07, 6.45) is 0.0805. The van der Waals surface area contributed by atoms with Crippen LogP contribution >= 0.6 is 0 Å². The molecule has 156 valence electrons. The third-order valence-electron chi connectivity index (χ3n) is 4.80. The molecule has 1 aliphatic rings. The molecule has 0 aliphatic carbocycles. The number of likely N-dealkylation sites (tertiary alicyclic amines) is 1. The normalized spacial score (nSPS) is 21.8. The van der Waals surface area contributed by atoms with Crippen LogP contribution in [-0.4, -0.2) is 54.2 Å². The van der Waals surface area contributed by atoms with E-state index in [1.807, 2.05) is 34.6 Å². The molecule has 1 aliphatic heterocycles. The van der Waals surface area contributed by atoms with Gasteiger partial charge in [0.2, 0.25) is 5.91 Å². The average Bonchev–Trinajstić information content (AvgIpc) is 2.93. The number of rotatable bonds is 4. The zero-order chi connectivity index (χ0) is 21.2. The number of methoxy groups -OCH3 is 1. The molecule has 3 unspecified atom stereocenters. The largest absolute Gasteiger partial charge is 0.467 e. The van der Waals surface area contributed by atoms with Gasteiger partial charge in [-0.25, -0.2) is 9.59 Å². The van der Waals surface area contributed by atoms with Crippen LogP contribution in [0.2, 0.25) is 0 Å². The van der Waals surface area contributed by atoms with Gasteiger partial charge in [-0.3, -0.25) is 4.79 Å². The van der Waals surface area contributed by atoms with Gasteiger partial charge in [-0.2, -0.15) is 0 Å². The maximum absolute atomic E-state index is 13.3. The standard InChI is InChI=1S/C20H36N2O5/c1-12(2)13-10-11-22(14(13)17(24)26-9)16(23)15(19(3,4)5)21-18(25)27-20(6,7)8/h12-15H,10-11H2,1-9H3,(H,21,25). The van der Waals surface area contributed by atoms with E-state index in [1.54, 1.807) is 25.7 Å². The highest BCUT2D eigenvalue weighted by Crippen LogP contribution is 2.33. The molecule has 7 nitrogen and oxygen atoms in total. The van der Waals surface area contributed by atoms with E-state index >= 15 is 0 Å². The number of hydrogen-bond donors (Lipinski definition) is 1. The molecule has 2 amide bonds. The van der Waals surface area contributed by atoms with Crippen molar-refractivity contribution in [3.05, 3.63) is 0 Å². The van der Waals surface area contributed by atoms with Gasteiger partial charge < -0.3 is 19.7 Å². The number of esters is 1. The van der Waals surface area contributed by atoms with Crippen molar-refractivity contribution in [3.63, 3.8) is 0 Å². The van der Waals surface area contributed by atoms with Gasteiger partial charge in [0.05, 0.1) is 7.11 Å². The Bertz CT molecular complexity index is 560. The van der Waals surface area contributed by atoms with Crippen LogP contribution in [0.3, 0.4) is 0 Å². The van der Waals surface area contributed by atoms with Crippen LogP contribution in [0.4, 0.5) is 4.79 Å². The lowest BCUT2D eigenvalue weighted by Gasteiger charge is -2.36. The lowest BCUT2D eigenvalue weighted by molar-refractivity contribution is -0.154. The predicted octanol–water partition coefficient (Wildman–Crippen LogP) is 2.97. The molecule has 0 aromatic heterocycles. The Morgan fingerprint density at radius 2 is 1.63 bits per heavy atom. The molecule has 0 radical (unpaired) electrons. The Hall–Kier alpha value is -1.79. The first-order valence-electron chi connectivity index (χ1n) is 9.57. The summed E-state index contributed by atoms with van der Waals surface area (Å²) in [5.41, 5.74) is -1.22. The Morgan fingerprint density at radius 1 is 1.07 bits per heavy atom. The monoisotopic (exact) mass is 384 g/mol. The molecule has 1 heterocycles. The number of amides is 2. The first kappa shape index (κ1) is 23.2.